The molecule has 3 N–H and O–H groups in total. The van der Waals surface area contributed by atoms with Gasteiger partial charge in [0.15, 0.2) is 0 Å². The van der Waals surface area contributed by atoms with Crippen LogP contribution in [0, 0.1) is 18.4 Å². The zero-order valence-electron chi connectivity index (χ0n) is 6.10. The third-order valence-corrected chi connectivity index (χ3v) is 1.63. The standard InChI is InChI=1S/C7H8NO4/c9-6(10)4-1-2-8-3-5(4)7(11)12/h1-5,8H,(H,9,10)(H,11,12). The van der Waals surface area contributed by atoms with Crippen molar-refractivity contribution in [3.63, 3.8) is 0 Å². The molecule has 1 heterocycles. The number of carboxylic acid groups (broad SMARTS) is 2. The van der Waals surface area contributed by atoms with Gasteiger partial charge in [0.1, 0.15) is 0 Å². The Morgan fingerprint density at radius 1 is 1.17 bits per heavy atom. The van der Waals surface area contributed by atoms with Gasteiger partial charge in [0.2, 0.25) is 0 Å². The van der Waals surface area contributed by atoms with Crippen molar-refractivity contribution in [2.75, 3.05) is 0 Å². The van der Waals surface area contributed by atoms with Gasteiger partial charge in [-0.25, -0.2) is 0 Å². The molecule has 0 saturated carbocycles. The molecular weight excluding hydrogens is 162 g/mol. The number of aliphatic carboxylic acids is 2. The summed E-state index contributed by atoms with van der Waals surface area (Å²) in [7, 11) is 0. The molecule has 1 aliphatic heterocycles. The minimum atomic E-state index is -1.14. The van der Waals surface area contributed by atoms with Crippen LogP contribution in [0.5, 0.6) is 0 Å². The molecule has 0 spiro atoms. The molecule has 0 aromatic carbocycles. The van der Waals surface area contributed by atoms with Crippen molar-refractivity contribution in [1.82, 2.24) is 5.32 Å². The summed E-state index contributed by atoms with van der Waals surface area (Å²) in [6.07, 6.45) is 2.74. The molecule has 12 heavy (non-hydrogen) atoms. The van der Waals surface area contributed by atoms with Crippen molar-refractivity contribution in [1.29, 1.82) is 0 Å². The van der Waals surface area contributed by atoms with E-state index in [0.29, 0.717) is 0 Å². The van der Waals surface area contributed by atoms with Gasteiger partial charge >= 0.3 is 11.9 Å². The Hall–Kier alpha value is -1.52. The van der Waals surface area contributed by atoms with Gasteiger partial charge in [0.25, 0.3) is 0 Å². The third-order valence-electron chi connectivity index (χ3n) is 1.63. The van der Waals surface area contributed by atoms with Crippen molar-refractivity contribution < 1.29 is 19.8 Å². The maximum absolute atomic E-state index is 10.5. The Labute approximate surface area is 68.7 Å². The van der Waals surface area contributed by atoms with E-state index < -0.39 is 23.8 Å². The van der Waals surface area contributed by atoms with E-state index in [2.05, 4.69) is 5.32 Å². The highest BCUT2D eigenvalue weighted by Gasteiger charge is 2.33. The fourth-order valence-electron chi connectivity index (χ4n) is 1.00. The first kappa shape index (κ1) is 8.58. The summed E-state index contributed by atoms with van der Waals surface area (Å²) in [6, 6.07) is 0. The predicted molar refractivity (Wildman–Crippen MR) is 38.8 cm³/mol. The largest absolute Gasteiger partial charge is 0.481 e. The Morgan fingerprint density at radius 2 is 1.75 bits per heavy atom. The van der Waals surface area contributed by atoms with Crippen LogP contribution in [0.1, 0.15) is 0 Å². The van der Waals surface area contributed by atoms with Crippen LogP contribution in [0.15, 0.2) is 12.3 Å². The average Bonchev–Trinajstić information content (AvgIpc) is 2.04. The summed E-state index contributed by atoms with van der Waals surface area (Å²) < 4.78 is 0. The molecule has 5 nitrogen and oxygen atoms in total. The molecule has 0 saturated heterocycles. The summed E-state index contributed by atoms with van der Waals surface area (Å²) in [5.41, 5.74) is 0. The van der Waals surface area contributed by atoms with E-state index in [1.807, 2.05) is 0 Å². The molecule has 2 unspecified atom stereocenters. The molecule has 65 valence electrons. The molecule has 0 aliphatic carbocycles. The summed E-state index contributed by atoms with van der Waals surface area (Å²) in [6.45, 7) is 1.25. The van der Waals surface area contributed by atoms with Gasteiger partial charge in [-0.3, -0.25) is 9.59 Å². The average molecular weight is 170 g/mol. The van der Waals surface area contributed by atoms with Crippen molar-refractivity contribution in [2.24, 2.45) is 11.8 Å². The predicted octanol–water partition coefficient (Wildman–Crippen LogP) is -0.333. The molecule has 0 amide bonds. The van der Waals surface area contributed by atoms with Gasteiger partial charge in [-0.15, -0.1) is 0 Å². The number of rotatable bonds is 2. The van der Waals surface area contributed by atoms with E-state index >= 15 is 0 Å². The minimum absolute atomic E-state index is 0.969. The van der Waals surface area contributed by atoms with Crippen LogP contribution in [0.25, 0.3) is 0 Å². The smallest absolute Gasteiger partial charge is 0.311 e. The van der Waals surface area contributed by atoms with Crippen molar-refractivity contribution in [3.8, 4) is 0 Å². The summed E-state index contributed by atoms with van der Waals surface area (Å²) in [4.78, 5) is 21.0. The number of hydrogen-bond donors (Lipinski definition) is 3. The molecular formula is C7H8NO4. The van der Waals surface area contributed by atoms with E-state index in [-0.39, 0.29) is 0 Å². The number of hydrogen-bond acceptors (Lipinski definition) is 3. The molecule has 0 aromatic heterocycles. The van der Waals surface area contributed by atoms with Crippen LogP contribution in [0.2, 0.25) is 0 Å². The normalized spacial score (nSPS) is 27.7. The van der Waals surface area contributed by atoms with Crippen LogP contribution in [-0.4, -0.2) is 22.2 Å². The zero-order valence-corrected chi connectivity index (χ0v) is 6.10. The first-order chi connectivity index (χ1) is 5.63. The number of nitrogens with one attached hydrogen (secondary N) is 1. The maximum Gasteiger partial charge on any atom is 0.311 e. The third kappa shape index (κ3) is 1.55. The lowest BCUT2D eigenvalue weighted by Gasteiger charge is -2.20. The molecule has 2 atom stereocenters. The molecule has 0 fully saturated rings. The molecule has 1 rings (SSSR count). The minimum Gasteiger partial charge on any atom is -0.481 e. The van der Waals surface area contributed by atoms with E-state index in [4.69, 9.17) is 10.2 Å². The van der Waals surface area contributed by atoms with Gasteiger partial charge in [-0.2, -0.15) is 0 Å². The number of carbonyl (C=O) groups is 2. The summed E-state index contributed by atoms with van der Waals surface area (Å²) in [5.74, 6) is -4.23. The van der Waals surface area contributed by atoms with Crippen molar-refractivity contribution in [3.05, 3.63) is 18.8 Å². The molecule has 0 bridgehead atoms. The van der Waals surface area contributed by atoms with Crippen LogP contribution >= 0.6 is 0 Å². The highest BCUT2D eigenvalue weighted by atomic mass is 16.4. The first-order valence-electron chi connectivity index (χ1n) is 3.34. The van der Waals surface area contributed by atoms with E-state index in [1.165, 1.54) is 18.8 Å². The fraction of sp³-hybridized carbons (Fsp3) is 0.286. The fourth-order valence-corrected chi connectivity index (χ4v) is 1.00. The summed E-state index contributed by atoms with van der Waals surface area (Å²) >= 11 is 0. The lowest BCUT2D eigenvalue weighted by molar-refractivity contribution is -0.150. The first-order valence-corrected chi connectivity index (χ1v) is 3.34. The Kier molecular flexibility index (Phi) is 2.32. The second kappa shape index (κ2) is 3.25. The topological polar surface area (TPSA) is 86.6 Å². The van der Waals surface area contributed by atoms with Crippen LogP contribution in [0.3, 0.4) is 0 Å². The lowest BCUT2D eigenvalue weighted by atomic mass is 9.90. The Bertz CT molecular complexity index is 236. The number of carboxylic acids is 2. The van der Waals surface area contributed by atoms with Gasteiger partial charge in [0.05, 0.1) is 18.4 Å². The highest BCUT2D eigenvalue weighted by Crippen LogP contribution is 2.19. The Balaban J connectivity index is 2.79. The second-order valence-corrected chi connectivity index (χ2v) is 2.42. The Morgan fingerprint density at radius 3 is 2.17 bits per heavy atom. The van der Waals surface area contributed by atoms with Gasteiger partial charge in [0, 0.05) is 0 Å². The zero-order chi connectivity index (χ0) is 9.14. The molecule has 1 aliphatic rings. The SMILES string of the molecule is O=C(O)C1[CH]NC=CC1C(=O)O. The van der Waals surface area contributed by atoms with Crippen LogP contribution < -0.4 is 5.32 Å². The van der Waals surface area contributed by atoms with Crippen molar-refractivity contribution >= 4 is 11.9 Å². The van der Waals surface area contributed by atoms with Crippen LogP contribution in [-0.2, 0) is 9.59 Å². The van der Waals surface area contributed by atoms with Crippen LogP contribution in [0.4, 0.5) is 0 Å². The van der Waals surface area contributed by atoms with Crippen molar-refractivity contribution in [2.45, 2.75) is 0 Å². The summed E-state index contributed by atoms with van der Waals surface area (Å²) in [5, 5.41) is 19.7. The lowest BCUT2D eigenvalue weighted by Crippen LogP contribution is -2.34. The highest BCUT2D eigenvalue weighted by molar-refractivity contribution is 5.82. The maximum atomic E-state index is 10.5. The van der Waals surface area contributed by atoms with E-state index in [9.17, 15) is 9.59 Å². The van der Waals surface area contributed by atoms with E-state index in [1.54, 1.807) is 0 Å². The quantitative estimate of drug-likeness (QED) is 0.528. The van der Waals surface area contributed by atoms with Gasteiger partial charge in [-0.1, -0.05) is 6.08 Å². The monoisotopic (exact) mass is 170 g/mol. The molecule has 0 aromatic rings. The van der Waals surface area contributed by atoms with E-state index in [0.717, 1.165) is 0 Å². The second-order valence-electron chi connectivity index (χ2n) is 2.42. The van der Waals surface area contributed by atoms with Gasteiger partial charge in [-0.05, 0) is 6.20 Å². The van der Waals surface area contributed by atoms with Gasteiger partial charge < -0.3 is 15.5 Å². The molecule has 5 heteroatoms. The molecule has 1 radical (unpaired) electrons.